The van der Waals surface area contributed by atoms with Gasteiger partial charge in [-0.3, -0.25) is 4.79 Å². The van der Waals surface area contributed by atoms with E-state index < -0.39 is 0 Å². The van der Waals surface area contributed by atoms with Gasteiger partial charge in [0.15, 0.2) is 0 Å². The second-order valence-electron chi connectivity index (χ2n) is 3.73. The smallest absolute Gasteiger partial charge is 0.234 e. The Morgan fingerprint density at radius 3 is 2.83 bits per heavy atom. The van der Waals surface area contributed by atoms with E-state index in [9.17, 15) is 4.79 Å². The first kappa shape index (κ1) is 15.6. The van der Waals surface area contributed by atoms with Crippen LogP contribution in [-0.4, -0.2) is 29.1 Å². The third-order valence-corrected chi connectivity index (χ3v) is 4.07. The molecule has 0 bridgehead atoms. The molecule has 1 amide bonds. The molecule has 6 heteroatoms. The minimum atomic E-state index is -0.146. The lowest BCUT2D eigenvalue weighted by Crippen LogP contribution is -2.15. The van der Waals surface area contributed by atoms with E-state index in [-0.39, 0.29) is 12.5 Å². The Morgan fingerprint density at radius 1 is 1.44 bits per heavy atom. The Bertz CT molecular complexity index is 427. The molecule has 1 rings (SSSR count). The van der Waals surface area contributed by atoms with Crippen molar-refractivity contribution < 1.29 is 9.90 Å². The van der Waals surface area contributed by atoms with Crippen LogP contribution in [0.15, 0.2) is 12.1 Å². The molecule has 0 unspecified atom stereocenters. The van der Waals surface area contributed by atoms with Crippen LogP contribution in [0.3, 0.4) is 0 Å². The van der Waals surface area contributed by atoms with Gasteiger partial charge in [0.1, 0.15) is 0 Å². The van der Waals surface area contributed by atoms with E-state index in [1.807, 2.05) is 6.92 Å². The predicted octanol–water partition coefficient (Wildman–Crippen LogP) is 3.36. The van der Waals surface area contributed by atoms with E-state index in [0.717, 1.165) is 11.3 Å². The fourth-order valence-electron chi connectivity index (χ4n) is 1.28. The molecule has 18 heavy (non-hydrogen) atoms. The molecule has 0 saturated carbocycles. The highest BCUT2D eigenvalue weighted by Gasteiger charge is 2.11. The zero-order valence-electron chi connectivity index (χ0n) is 10.0. The Hall–Kier alpha value is -0.420. The van der Waals surface area contributed by atoms with Gasteiger partial charge < -0.3 is 10.4 Å². The molecule has 0 heterocycles. The summed E-state index contributed by atoms with van der Waals surface area (Å²) in [5.74, 6) is 0.923. The molecule has 1 aromatic rings. The molecular weight excluding hydrogens is 293 g/mol. The average Bonchev–Trinajstić information content (AvgIpc) is 2.35. The van der Waals surface area contributed by atoms with Crippen LogP contribution in [0.25, 0.3) is 0 Å². The van der Waals surface area contributed by atoms with Gasteiger partial charge in [0, 0.05) is 6.61 Å². The van der Waals surface area contributed by atoms with Gasteiger partial charge in [-0.25, -0.2) is 0 Å². The fourth-order valence-corrected chi connectivity index (χ4v) is 2.48. The molecule has 0 atom stereocenters. The van der Waals surface area contributed by atoms with E-state index in [0.29, 0.717) is 27.9 Å². The molecule has 0 spiro atoms. The SMILES string of the molecule is Cc1ccc(Cl)c(NC(=O)CSCCCO)c1Cl. The van der Waals surface area contributed by atoms with Crippen molar-refractivity contribution in [1.29, 1.82) is 0 Å². The third-order valence-electron chi connectivity index (χ3n) is 2.23. The van der Waals surface area contributed by atoms with Gasteiger partial charge >= 0.3 is 0 Å². The highest BCUT2D eigenvalue weighted by Crippen LogP contribution is 2.32. The second-order valence-corrected chi connectivity index (χ2v) is 5.62. The number of aliphatic hydroxyl groups excluding tert-OH is 1. The molecule has 0 aromatic heterocycles. The van der Waals surface area contributed by atoms with Crippen LogP contribution in [0.4, 0.5) is 5.69 Å². The van der Waals surface area contributed by atoms with E-state index >= 15 is 0 Å². The molecule has 0 radical (unpaired) electrons. The highest BCUT2D eigenvalue weighted by atomic mass is 35.5. The number of carbonyl (C=O) groups is 1. The molecule has 2 N–H and O–H groups in total. The van der Waals surface area contributed by atoms with Crippen molar-refractivity contribution in [3.05, 3.63) is 27.7 Å². The summed E-state index contributed by atoms with van der Waals surface area (Å²) in [6.45, 7) is 1.99. The maximum Gasteiger partial charge on any atom is 0.234 e. The maximum absolute atomic E-state index is 11.7. The fraction of sp³-hybridized carbons (Fsp3) is 0.417. The van der Waals surface area contributed by atoms with Crippen LogP contribution in [0.1, 0.15) is 12.0 Å². The molecule has 100 valence electrons. The first-order valence-electron chi connectivity index (χ1n) is 5.49. The number of benzene rings is 1. The Morgan fingerprint density at radius 2 is 2.17 bits per heavy atom. The molecule has 1 aromatic carbocycles. The summed E-state index contributed by atoms with van der Waals surface area (Å²) >= 11 is 13.5. The predicted molar refractivity (Wildman–Crippen MR) is 78.9 cm³/mol. The number of hydrogen-bond acceptors (Lipinski definition) is 3. The van der Waals surface area contributed by atoms with Crippen LogP contribution >= 0.6 is 35.0 Å². The number of halogens is 2. The van der Waals surface area contributed by atoms with Gasteiger partial charge in [-0.15, -0.1) is 0 Å². The summed E-state index contributed by atoms with van der Waals surface area (Å²) in [6, 6.07) is 3.51. The maximum atomic E-state index is 11.7. The minimum absolute atomic E-state index is 0.143. The Labute approximate surface area is 121 Å². The summed E-state index contributed by atoms with van der Waals surface area (Å²) in [5.41, 5.74) is 1.33. The molecule has 0 fully saturated rings. The second kappa shape index (κ2) is 7.89. The number of amides is 1. The number of rotatable bonds is 6. The van der Waals surface area contributed by atoms with Gasteiger partial charge in [0.2, 0.25) is 5.91 Å². The first-order valence-corrected chi connectivity index (χ1v) is 7.40. The Balaban J connectivity index is 2.57. The summed E-state index contributed by atoms with van der Waals surface area (Å²) in [4.78, 5) is 11.7. The lowest BCUT2D eigenvalue weighted by Gasteiger charge is -2.10. The molecule has 0 aliphatic rings. The van der Waals surface area contributed by atoms with Gasteiger partial charge in [-0.05, 0) is 30.7 Å². The van der Waals surface area contributed by atoms with Crippen LogP contribution < -0.4 is 5.32 Å². The number of hydrogen-bond donors (Lipinski definition) is 2. The number of aryl methyl sites for hydroxylation is 1. The lowest BCUT2D eigenvalue weighted by atomic mass is 10.2. The zero-order chi connectivity index (χ0) is 13.5. The van der Waals surface area contributed by atoms with Crippen molar-refractivity contribution in [2.45, 2.75) is 13.3 Å². The largest absolute Gasteiger partial charge is 0.396 e. The molecular formula is C12H15Cl2NO2S. The standard InChI is InChI=1S/C12H15Cl2NO2S/c1-8-3-4-9(13)12(11(8)14)15-10(17)7-18-6-2-5-16/h3-4,16H,2,5-7H2,1H3,(H,15,17). The molecule has 0 aliphatic heterocycles. The van der Waals surface area contributed by atoms with Gasteiger partial charge in [-0.1, -0.05) is 29.3 Å². The molecule has 0 saturated heterocycles. The number of aliphatic hydroxyl groups is 1. The van der Waals surface area contributed by atoms with Crippen molar-refractivity contribution in [2.75, 3.05) is 23.4 Å². The number of anilines is 1. The third kappa shape index (κ3) is 4.69. The van der Waals surface area contributed by atoms with Gasteiger partial charge in [0.05, 0.1) is 21.5 Å². The molecule has 3 nitrogen and oxygen atoms in total. The van der Waals surface area contributed by atoms with Crippen LogP contribution in [0.5, 0.6) is 0 Å². The van der Waals surface area contributed by atoms with Crippen LogP contribution in [0.2, 0.25) is 10.0 Å². The van der Waals surface area contributed by atoms with Crippen LogP contribution in [-0.2, 0) is 4.79 Å². The number of nitrogens with one attached hydrogen (secondary N) is 1. The number of carbonyl (C=O) groups excluding carboxylic acids is 1. The van der Waals surface area contributed by atoms with Gasteiger partial charge in [0.25, 0.3) is 0 Å². The van der Waals surface area contributed by atoms with Crippen molar-refractivity contribution >= 4 is 46.6 Å². The van der Waals surface area contributed by atoms with E-state index in [1.54, 1.807) is 12.1 Å². The van der Waals surface area contributed by atoms with E-state index in [4.69, 9.17) is 28.3 Å². The number of thioether (sulfide) groups is 1. The van der Waals surface area contributed by atoms with Crippen molar-refractivity contribution in [2.24, 2.45) is 0 Å². The summed E-state index contributed by atoms with van der Waals surface area (Å²) in [5, 5.41) is 12.2. The first-order chi connectivity index (χ1) is 8.56. The summed E-state index contributed by atoms with van der Waals surface area (Å²) in [6.07, 6.45) is 0.684. The minimum Gasteiger partial charge on any atom is -0.396 e. The quantitative estimate of drug-likeness (QED) is 0.792. The average molecular weight is 308 g/mol. The molecule has 0 aliphatic carbocycles. The summed E-state index contributed by atoms with van der Waals surface area (Å²) < 4.78 is 0. The lowest BCUT2D eigenvalue weighted by molar-refractivity contribution is -0.113. The Kier molecular flexibility index (Phi) is 6.86. The van der Waals surface area contributed by atoms with E-state index in [2.05, 4.69) is 5.32 Å². The van der Waals surface area contributed by atoms with Crippen LogP contribution in [0, 0.1) is 6.92 Å². The van der Waals surface area contributed by atoms with Crippen molar-refractivity contribution in [3.63, 3.8) is 0 Å². The topological polar surface area (TPSA) is 49.3 Å². The summed E-state index contributed by atoms with van der Waals surface area (Å²) in [7, 11) is 0. The highest BCUT2D eigenvalue weighted by molar-refractivity contribution is 7.99. The van der Waals surface area contributed by atoms with E-state index in [1.165, 1.54) is 11.8 Å². The monoisotopic (exact) mass is 307 g/mol. The van der Waals surface area contributed by atoms with Crippen molar-refractivity contribution in [1.82, 2.24) is 0 Å². The normalized spacial score (nSPS) is 10.4. The van der Waals surface area contributed by atoms with Gasteiger partial charge in [-0.2, -0.15) is 11.8 Å². The zero-order valence-corrected chi connectivity index (χ0v) is 12.3. The van der Waals surface area contributed by atoms with Crippen molar-refractivity contribution in [3.8, 4) is 0 Å².